The summed E-state index contributed by atoms with van der Waals surface area (Å²) in [6.45, 7) is 2.96. The van der Waals surface area contributed by atoms with Crippen LogP contribution < -0.4 is 17.2 Å². The Morgan fingerprint density at radius 3 is 2.15 bits per heavy atom. The zero-order chi connectivity index (χ0) is 20.1. The van der Waals surface area contributed by atoms with Crippen LogP contribution in [0.15, 0.2) is 0 Å². The number of thioether (sulfide) groups is 1. The molecule has 0 rings (SSSR count). The Balaban J connectivity index is 4.65. The molecule has 0 heterocycles. The Labute approximate surface area is 158 Å². The van der Waals surface area contributed by atoms with Crippen LogP contribution in [0.5, 0.6) is 0 Å². The van der Waals surface area contributed by atoms with Crippen molar-refractivity contribution in [2.24, 2.45) is 23.1 Å². The Hall–Kier alpha value is -1.36. The third kappa shape index (κ3) is 11.3. The van der Waals surface area contributed by atoms with Gasteiger partial charge in [-0.25, -0.2) is 0 Å². The van der Waals surface area contributed by atoms with E-state index in [-0.39, 0.29) is 25.7 Å². The van der Waals surface area contributed by atoms with Crippen LogP contribution in [0.25, 0.3) is 0 Å². The zero-order valence-electron chi connectivity index (χ0n) is 15.6. The highest BCUT2D eigenvalue weighted by atomic mass is 32.2. The van der Waals surface area contributed by atoms with Gasteiger partial charge in [-0.15, -0.1) is 0 Å². The number of carbonyl (C=O) groups is 3. The quantitative estimate of drug-likeness (QED) is 0.272. The average molecular weight is 394 g/mol. The molecular formula is C16H31N3O6S. The summed E-state index contributed by atoms with van der Waals surface area (Å²) in [7, 11) is 0. The molecule has 1 unspecified atom stereocenters. The highest BCUT2D eigenvalue weighted by Crippen LogP contribution is 2.07. The van der Waals surface area contributed by atoms with Gasteiger partial charge in [0.05, 0.1) is 6.54 Å². The van der Waals surface area contributed by atoms with E-state index in [0.717, 1.165) is 0 Å². The van der Waals surface area contributed by atoms with Gasteiger partial charge in [-0.1, -0.05) is 13.8 Å². The molecule has 9 nitrogen and oxygen atoms in total. The van der Waals surface area contributed by atoms with E-state index in [4.69, 9.17) is 31.4 Å². The van der Waals surface area contributed by atoms with Crippen molar-refractivity contribution < 1.29 is 28.6 Å². The van der Waals surface area contributed by atoms with Gasteiger partial charge in [-0.2, -0.15) is 11.8 Å². The molecule has 152 valence electrons. The fourth-order valence-electron chi connectivity index (χ4n) is 1.86. The Morgan fingerprint density at radius 2 is 1.62 bits per heavy atom. The molecule has 10 heteroatoms. The monoisotopic (exact) mass is 393 g/mol. The molecule has 0 aliphatic carbocycles. The zero-order valence-corrected chi connectivity index (χ0v) is 16.5. The standard InChI is InChI=1S/C16H31N3O6S/c1-10(2)6-13(19)16(22)25-11(8-23-14(20)7-17)9-24-15(21)12(18)4-5-26-3/h10-13H,4-9,17-19H2,1-3H3/t11?,12-,13-/m0/s1. The van der Waals surface area contributed by atoms with Crippen molar-refractivity contribution in [1.82, 2.24) is 0 Å². The summed E-state index contributed by atoms with van der Waals surface area (Å²) in [6.07, 6.45) is 1.83. The first-order chi connectivity index (χ1) is 12.2. The van der Waals surface area contributed by atoms with Crippen LogP contribution in [-0.4, -0.2) is 67.9 Å². The molecule has 0 aliphatic rings. The van der Waals surface area contributed by atoms with Crippen LogP contribution in [0.4, 0.5) is 0 Å². The molecular weight excluding hydrogens is 362 g/mol. The van der Waals surface area contributed by atoms with Crippen LogP contribution in [0.1, 0.15) is 26.7 Å². The molecule has 0 aliphatic heterocycles. The number of esters is 3. The SMILES string of the molecule is CSCC[C@H](N)C(=O)OCC(COC(=O)CN)OC(=O)[C@@H](N)CC(C)C. The van der Waals surface area contributed by atoms with Gasteiger partial charge < -0.3 is 31.4 Å². The van der Waals surface area contributed by atoms with E-state index in [9.17, 15) is 14.4 Å². The largest absolute Gasteiger partial charge is 0.461 e. The fourth-order valence-corrected chi connectivity index (χ4v) is 2.35. The second-order valence-electron chi connectivity index (χ2n) is 6.20. The van der Waals surface area contributed by atoms with E-state index in [1.165, 1.54) is 0 Å². The lowest BCUT2D eigenvalue weighted by atomic mass is 10.1. The van der Waals surface area contributed by atoms with Gasteiger partial charge in [0.15, 0.2) is 6.10 Å². The average Bonchev–Trinajstić information content (AvgIpc) is 2.60. The maximum atomic E-state index is 12.0. The lowest BCUT2D eigenvalue weighted by Gasteiger charge is -2.21. The van der Waals surface area contributed by atoms with E-state index < -0.39 is 36.1 Å². The summed E-state index contributed by atoms with van der Waals surface area (Å²) in [6, 6.07) is -1.59. The van der Waals surface area contributed by atoms with Crippen LogP contribution in [-0.2, 0) is 28.6 Å². The molecule has 0 amide bonds. The summed E-state index contributed by atoms with van der Waals surface area (Å²) in [5.74, 6) is -1.02. The Bertz CT molecular complexity index is 450. The lowest BCUT2D eigenvalue weighted by molar-refractivity contribution is -0.167. The van der Waals surface area contributed by atoms with Crippen LogP contribution in [0.3, 0.4) is 0 Å². The molecule has 0 aromatic rings. The minimum Gasteiger partial charge on any atom is -0.461 e. The molecule has 6 N–H and O–H groups in total. The lowest BCUT2D eigenvalue weighted by Crippen LogP contribution is -2.41. The van der Waals surface area contributed by atoms with Crippen LogP contribution in [0, 0.1) is 5.92 Å². The highest BCUT2D eigenvalue weighted by Gasteiger charge is 2.24. The molecule has 0 radical (unpaired) electrons. The number of hydrogen-bond donors (Lipinski definition) is 3. The van der Waals surface area contributed by atoms with Crippen molar-refractivity contribution in [2.45, 2.75) is 44.9 Å². The number of nitrogens with two attached hydrogens (primary N) is 3. The molecule has 26 heavy (non-hydrogen) atoms. The van der Waals surface area contributed by atoms with Gasteiger partial charge >= 0.3 is 17.9 Å². The predicted molar refractivity (Wildman–Crippen MR) is 99.3 cm³/mol. The van der Waals surface area contributed by atoms with Crippen molar-refractivity contribution in [1.29, 1.82) is 0 Å². The molecule has 0 spiro atoms. The Kier molecular flexibility index (Phi) is 13.1. The molecule has 0 saturated heterocycles. The maximum absolute atomic E-state index is 12.0. The molecule has 0 aromatic carbocycles. The summed E-state index contributed by atoms with van der Waals surface area (Å²) >= 11 is 1.56. The van der Waals surface area contributed by atoms with Crippen molar-refractivity contribution in [3.63, 3.8) is 0 Å². The number of rotatable bonds is 13. The molecule has 0 saturated carbocycles. The van der Waals surface area contributed by atoms with E-state index in [1.54, 1.807) is 11.8 Å². The van der Waals surface area contributed by atoms with Crippen molar-refractivity contribution in [2.75, 3.05) is 31.8 Å². The topological polar surface area (TPSA) is 157 Å². The minimum absolute atomic E-state index is 0.207. The second-order valence-corrected chi connectivity index (χ2v) is 7.19. The van der Waals surface area contributed by atoms with E-state index in [1.807, 2.05) is 20.1 Å². The van der Waals surface area contributed by atoms with Gasteiger partial charge in [0, 0.05) is 0 Å². The third-order valence-corrected chi connectivity index (χ3v) is 3.90. The van der Waals surface area contributed by atoms with E-state index in [2.05, 4.69) is 0 Å². The van der Waals surface area contributed by atoms with Gasteiger partial charge in [0.25, 0.3) is 0 Å². The van der Waals surface area contributed by atoms with Gasteiger partial charge in [-0.05, 0) is 30.8 Å². The fraction of sp³-hybridized carbons (Fsp3) is 0.812. The molecule has 0 aromatic heterocycles. The van der Waals surface area contributed by atoms with Gasteiger partial charge in [-0.3, -0.25) is 14.4 Å². The maximum Gasteiger partial charge on any atom is 0.323 e. The Morgan fingerprint density at radius 1 is 1.00 bits per heavy atom. The van der Waals surface area contributed by atoms with Crippen molar-refractivity contribution in [3.05, 3.63) is 0 Å². The first-order valence-corrected chi connectivity index (χ1v) is 9.83. The molecule has 3 atom stereocenters. The number of carbonyl (C=O) groups excluding carboxylic acids is 3. The summed E-state index contributed by atoms with van der Waals surface area (Å²) in [5.41, 5.74) is 16.7. The normalized spacial score (nSPS) is 14.4. The molecule has 0 fully saturated rings. The first-order valence-electron chi connectivity index (χ1n) is 8.44. The van der Waals surface area contributed by atoms with E-state index >= 15 is 0 Å². The van der Waals surface area contributed by atoms with Gasteiger partial charge in [0.2, 0.25) is 0 Å². The second kappa shape index (κ2) is 13.8. The van der Waals surface area contributed by atoms with Crippen molar-refractivity contribution >= 4 is 29.7 Å². The van der Waals surface area contributed by atoms with Crippen molar-refractivity contribution in [3.8, 4) is 0 Å². The van der Waals surface area contributed by atoms with E-state index in [0.29, 0.717) is 18.6 Å². The smallest absolute Gasteiger partial charge is 0.323 e. The number of hydrogen-bond acceptors (Lipinski definition) is 10. The third-order valence-electron chi connectivity index (χ3n) is 3.26. The first kappa shape index (κ1) is 24.6. The van der Waals surface area contributed by atoms with Crippen LogP contribution >= 0.6 is 11.8 Å². The summed E-state index contributed by atoms with van der Waals surface area (Å²) < 4.78 is 15.2. The predicted octanol–water partition coefficient (Wildman–Crippen LogP) is -0.603. The molecule has 0 bridgehead atoms. The minimum atomic E-state index is -0.979. The van der Waals surface area contributed by atoms with Crippen LogP contribution in [0.2, 0.25) is 0 Å². The summed E-state index contributed by atoms with van der Waals surface area (Å²) in [5, 5.41) is 0. The highest BCUT2D eigenvalue weighted by molar-refractivity contribution is 7.98. The number of ether oxygens (including phenoxy) is 3. The van der Waals surface area contributed by atoms with Gasteiger partial charge in [0.1, 0.15) is 25.3 Å². The summed E-state index contributed by atoms with van der Waals surface area (Å²) in [4.78, 5) is 35.1.